The first-order valence-electron chi connectivity index (χ1n) is 4.36. The van der Waals surface area contributed by atoms with Crippen LogP contribution < -0.4 is 0 Å². The van der Waals surface area contributed by atoms with Crippen LogP contribution >= 0.6 is 0 Å². The van der Waals surface area contributed by atoms with Gasteiger partial charge in [0.25, 0.3) is 0 Å². The molecule has 0 amide bonds. The number of rotatable bonds is 1. The molecule has 0 saturated carbocycles. The number of pyridine rings is 2. The second-order valence-electron chi connectivity index (χ2n) is 2.43. The van der Waals surface area contributed by atoms with Crippen molar-refractivity contribution in [1.82, 2.24) is 9.97 Å². The molecule has 0 atom stereocenters. The topological polar surface area (TPSA) is 124 Å². The van der Waals surface area contributed by atoms with Crippen LogP contribution in [0, 0.1) is 0 Å². The summed E-state index contributed by atoms with van der Waals surface area (Å²) in [6, 6.07) is 11.6. The van der Waals surface area contributed by atoms with E-state index in [1.165, 1.54) is 0 Å². The maximum Gasteiger partial charge on any atom is 0.0886 e. The van der Waals surface area contributed by atoms with E-state index < -0.39 is 0 Å². The molecule has 0 aliphatic carbocycles. The van der Waals surface area contributed by atoms with Crippen molar-refractivity contribution < 1.29 is 44.2 Å². The molecule has 0 radical (unpaired) electrons. The van der Waals surface area contributed by atoms with E-state index in [0.717, 1.165) is 11.4 Å². The summed E-state index contributed by atoms with van der Waals surface area (Å²) < 4.78 is 8.26. The van der Waals surface area contributed by atoms with Gasteiger partial charge in [-0.3, -0.25) is 31.0 Å². The van der Waals surface area contributed by atoms with Crippen molar-refractivity contribution in [2.24, 2.45) is 0 Å². The van der Waals surface area contributed by atoms with Crippen LogP contribution in [-0.2, 0) is 23.2 Å². The zero-order chi connectivity index (χ0) is 14.2. The number of hydrogen-bond acceptors (Lipinski definition) is 7. The van der Waals surface area contributed by atoms with Gasteiger partial charge in [-0.1, -0.05) is 12.1 Å². The summed E-state index contributed by atoms with van der Waals surface area (Å²) in [4.78, 5) is 8.37. The zero-order valence-electron chi connectivity index (χ0n) is 9.12. The molecule has 7 nitrogen and oxygen atoms in total. The molecule has 8 heteroatoms. The van der Waals surface area contributed by atoms with E-state index in [0.29, 0.717) is 19.8 Å². The first-order valence-corrected chi connectivity index (χ1v) is 5.18. The Morgan fingerprint density at radius 1 is 0.722 bits per heavy atom. The van der Waals surface area contributed by atoms with E-state index >= 15 is 0 Å². The van der Waals surface area contributed by atoms with Crippen molar-refractivity contribution in [2.45, 2.75) is 0 Å². The molecule has 0 aromatic carbocycles. The molecule has 18 heavy (non-hydrogen) atoms. The van der Waals surface area contributed by atoms with Crippen molar-refractivity contribution in [1.29, 1.82) is 0 Å². The molecular formula is C10H12MoN2O5. The molecule has 0 spiro atoms. The minimum absolute atomic E-state index is 0.700. The van der Waals surface area contributed by atoms with Gasteiger partial charge in [-0.25, -0.2) is 0 Å². The largest absolute Gasteiger partial charge is 0.255 e. The Kier molecular flexibility index (Phi) is 16.5. The van der Waals surface area contributed by atoms with Gasteiger partial charge < -0.3 is 0 Å². The van der Waals surface area contributed by atoms with Gasteiger partial charge in [0, 0.05) is 12.4 Å². The Hall–Kier alpha value is -1.37. The third kappa shape index (κ3) is 7.83. The van der Waals surface area contributed by atoms with Crippen LogP contribution in [0.2, 0.25) is 0 Å². The fourth-order valence-corrected chi connectivity index (χ4v) is 1.03. The third-order valence-electron chi connectivity index (χ3n) is 1.59. The molecule has 0 bridgehead atoms. The first kappa shape index (κ1) is 19.0. The maximum atomic E-state index is 8.26. The Morgan fingerprint density at radius 3 is 1.28 bits per heavy atom. The van der Waals surface area contributed by atoms with Gasteiger partial charge in [0.15, 0.2) is 0 Å². The molecule has 0 aliphatic heterocycles. The van der Waals surface area contributed by atoms with E-state index in [-0.39, 0.29) is 0 Å². The van der Waals surface area contributed by atoms with Crippen molar-refractivity contribution in [2.75, 3.05) is 0 Å². The summed E-state index contributed by atoms with van der Waals surface area (Å²) in [5.41, 5.74) is 1.83. The van der Waals surface area contributed by atoms with Crippen LogP contribution in [0.4, 0.5) is 0 Å². The van der Waals surface area contributed by atoms with E-state index in [2.05, 4.69) is 9.97 Å². The van der Waals surface area contributed by atoms with Crippen molar-refractivity contribution in [3.05, 3.63) is 48.8 Å². The predicted molar refractivity (Wildman–Crippen MR) is 58.7 cm³/mol. The molecule has 2 aromatic heterocycles. The molecule has 2 aromatic rings. The minimum Gasteiger partial charge on any atom is -0.255 e. The minimum atomic E-state index is 0.700. The molecule has 0 aliphatic rings. The predicted octanol–water partition coefficient (Wildman–Crippen LogP) is 2.06. The normalized spacial score (nSPS) is 7.33. The first-order chi connectivity index (χ1) is 8.97. The van der Waals surface area contributed by atoms with Crippen LogP contribution in [0.3, 0.4) is 0 Å². The molecule has 98 valence electrons. The molecule has 0 fully saturated rings. The van der Waals surface area contributed by atoms with Crippen molar-refractivity contribution >= 4 is 0 Å². The summed E-state index contributed by atoms with van der Waals surface area (Å²) >= 11 is 0.700. The van der Waals surface area contributed by atoms with Gasteiger partial charge >= 0.3 is 23.2 Å². The van der Waals surface area contributed by atoms with E-state index in [9.17, 15) is 0 Å². The SMILES string of the molecule is OO.OO.[O]=[Mo].c1ccc(-c2ccccn2)nc1. The van der Waals surface area contributed by atoms with Gasteiger partial charge in [0.2, 0.25) is 0 Å². The standard InChI is InChI=1S/C10H8N2.Mo.2H2O2.O/c1-3-7-11-9(5-1)10-6-2-4-8-12-10;;2*1-2;/h1-8H;;2*1-2H;. The smallest absolute Gasteiger partial charge is 0.0886 e. The molecule has 0 unspecified atom stereocenters. The van der Waals surface area contributed by atoms with Crippen molar-refractivity contribution in [3.63, 3.8) is 0 Å². The summed E-state index contributed by atoms with van der Waals surface area (Å²) in [6.07, 6.45) is 3.54. The van der Waals surface area contributed by atoms with E-state index in [4.69, 9.17) is 24.4 Å². The monoisotopic (exact) mass is 338 g/mol. The number of aromatic nitrogens is 2. The van der Waals surface area contributed by atoms with E-state index in [1.54, 1.807) is 12.4 Å². The van der Waals surface area contributed by atoms with Crippen LogP contribution in [0.1, 0.15) is 0 Å². The molecule has 2 heterocycles. The summed E-state index contributed by atoms with van der Waals surface area (Å²) in [7, 11) is 0. The van der Waals surface area contributed by atoms with Gasteiger partial charge in [-0.05, 0) is 24.3 Å². The zero-order valence-corrected chi connectivity index (χ0v) is 11.1. The van der Waals surface area contributed by atoms with E-state index in [1.807, 2.05) is 36.4 Å². The number of hydrogen-bond donors (Lipinski definition) is 4. The van der Waals surface area contributed by atoms with Crippen LogP contribution in [0.25, 0.3) is 11.4 Å². The second-order valence-corrected chi connectivity index (χ2v) is 2.43. The van der Waals surface area contributed by atoms with Crippen LogP contribution in [-0.4, -0.2) is 31.0 Å². The Bertz CT molecular complexity index is 339. The van der Waals surface area contributed by atoms with Gasteiger partial charge in [-0.15, -0.1) is 0 Å². The fourth-order valence-electron chi connectivity index (χ4n) is 1.03. The summed E-state index contributed by atoms with van der Waals surface area (Å²) in [5.74, 6) is 0. The molecular weight excluding hydrogens is 324 g/mol. The summed E-state index contributed by atoms with van der Waals surface area (Å²) in [5, 5.41) is 24.0. The van der Waals surface area contributed by atoms with Gasteiger partial charge in [0.1, 0.15) is 0 Å². The number of nitrogens with zero attached hydrogens (tertiary/aromatic N) is 2. The van der Waals surface area contributed by atoms with Gasteiger partial charge in [0.05, 0.1) is 11.4 Å². The Balaban J connectivity index is 0. The van der Waals surface area contributed by atoms with Crippen LogP contribution in [0.15, 0.2) is 48.8 Å². The summed E-state index contributed by atoms with van der Waals surface area (Å²) in [6.45, 7) is 0. The average molecular weight is 336 g/mol. The molecule has 0 saturated heterocycles. The third-order valence-corrected chi connectivity index (χ3v) is 1.59. The van der Waals surface area contributed by atoms with Gasteiger partial charge in [-0.2, -0.15) is 0 Å². The molecule has 2 rings (SSSR count). The fraction of sp³-hybridized carbons (Fsp3) is 0. The average Bonchev–Trinajstić information content (AvgIpc) is 2.55. The quantitative estimate of drug-likeness (QED) is 0.357. The molecule has 4 N–H and O–H groups in total. The Morgan fingerprint density at radius 2 is 1.06 bits per heavy atom. The maximum absolute atomic E-state index is 8.26. The van der Waals surface area contributed by atoms with Crippen LogP contribution in [0.5, 0.6) is 0 Å². The second kappa shape index (κ2) is 15.6. The Labute approximate surface area is 114 Å². The van der Waals surface area contributed by atoms with Crippen molar-refractivity contribution in [3.8, 4) is 11.4 Å².